The van der Waals surface area contributed by atoms with Crippen molar-refractivity contribution >= 4 is 34.8 Å². The lowest BCUT2D eigenvalue weighted by Crippen LogP contribution is -2.56. The number of hydrogen-bond donors (Lipinski definition) is 1. The summed E-state index contributed by atoms with van der Waals surface area (Å²) in [7, 11) is 0. The van der Waals surface area contributed by atoms with E-state index in [1.54, 1.807) is 17.5 Å². The van der Waals surface area contributed by atoms with Crippen LogP contribution in [0.3, 0.4) is 0 Å². The number of carbonyl (C=O) groups is 3. The number of nitrogens with one attached hydrogen (secondary N) is 1. The van der Waals surface area contributed by atoms with E-state index in [0.29, 0.717) is 51.0 Å². The molecule has 5 heterocycles. The molecule has 178 valence electrons. The number of nitrogens with zero attached hydrogens (tertiary/aromatic N) is 4. The van der Waals surface area contributed by atoms with Gasteiger partial charge in [0, 0.05) is 36.9 Å². The van der Waals surface area contributed by atoms with Crippen molar-refractivity contribution in [1.29, 1.82) is 0 Å². The van der Waals surface area contributed by atoms with Gasteiger partial charge >= 0.3 is 6.03 Å². The summed E-state index contributed by atoms with van der Waals surface area (Å²) >= 11 is 1.64. The fraction of sp³-hybridized carbons (Fsp3) is 0.440. The van der Waals surface area contributed by atoms with E-state index in [0.717, 1.165) is 16.9 Å². The molecule has 5 rings (SSSR count). The number of pyridine rings is 1. The molecular formula is C25H29N5O3S. The minimum absolute atomic E-state index is 0.000700. The molecule has 34 heavy (non-hydrogen) atoms. The van der Waals surface area contributed by atoms with Gasteiger partial charge in [-0.1, -0.05) is 25.5 Å². The molecule has 3 aromatic rings. The molecule has 1 N–H and O–H groups in total. The number of aromatic nitrogens is 2. The Balaban J connectivity index is 1.27. The summed E-state index contributed by atoms with van der Waals surface area (Å²) in [5.41, 5.74) is 0.293. The molecule has 2 saturated heterocycles. The van der Waals surface area contributed by atoms with Gasteiger partial charge in [-0.2, -0.15) is 0 Å². The lowest BCUT2D eigenvalue weighted by Gasteiger charge is -2.40. The fourth-order valence-electron chi connectivity index (χ4n) is 5.34. The third kappa shape index (κ3) is 3.98. The van der Waals surface area contributed by atoms with Crippen LogP contribution in [0.2, 0.25) is 0 Å². The van der Waals surface area contributed by atoms with Gasteiger partial charge in [0.1, 0.15) is 16.9 Å². The van der Waals surface area contributed by atoms with Gasteiger partial charge in [0.15, 0.2) is 0 Å². The minimum atomic E-state index is -0.875. The van der Waals surface area contributed by atoms with Crippen molar-refractivity contribution in [3.8, 4) is 0 Å². The van der Waals surface area contributed by atoms with Crippen molar-refractivity contribution in [2.45, 2.75) is 44.6 Å². The number of rotatable bonds is 7. The largest absolute Gasteiger partial charge is 0.337 e. The summed E-state index contributed by atoms with van der Waals surface area (Å²) in [5, 5.41) is 5.09. The van der Waals surface area contributed by atoms with Crippen molar-refractivity contribution in [3.63, 3.8) is 0 Å². The number of carbonyl (C=O) groups excluding carboxylic acids is 3. The first-order valence-electron chi connectivity index (χ1n) is 11.9. The van der Waals surface area contributed by atoms with Crippen LogP contribution < -0.4 is 5.32 Å². The zero-order valence-electron chi connectivity index (χ0n) is 19.3. The molecule has 2 fully saturated rings. The van der Waals surface area contributed by atoms with Crippen LogP contribution >= 0.6 is 11.3 Å². The molecule has 2 aliphatic heterocycles. The molecule has 4 amide bonds. The van der Waals surface area contributed by atoms with E-state index in [9.17, 15) is 14.4 Å². The summed E-state index contributed by atoms with van der Waals surface area (Å²) in [6.07, 6.45) is 7.05. The van der Waals surface area contributed by atoms with Crippen LogP contribution in [0.25, 0.3) is 5.65 Å². The number of imide groups is 1. The maximum absolute atomic E-state index is 13.6. The van der Waals surface area contributed by atoms with E-state index in [1.807, 2.05) is 58.1 Å². The van der Waals surface area contributed by atoms with Crippen LogP contribution in [-0.4, -0.2) is 62.2 Å². The van der Waals surface area contributed by atoms with Crippen LogP contribution in [0, 0.1) is 5.92 Å². The maximum atomic E-state index is 13.6. The van der Waals surface area contributed by atoms with Gasteiger partial charge in [-0.05, 0) is 55.2 Å². The van der Waals surface area contributed by atoms with E-state index in [2.05, 4.69) is 10.3 Å². The molecule has 9 heteroatoms. The number of amides is 4. The Labute approximate surface area is 202 Å². The van der Waals surface area contributed by atoms with E-state index in [-0.39, 0.29) is 23.8 Å². The second kappa shape index (κ2) is 9.21. The number of fused-ring (bicyclic) bond motifs is 1. The standard InChI is InChI=1S/C25H29N5O3S/c1-2-11-25(23(32)30(24(33)27-25)15-10-19-6-5-16-34-19)18-8-13-28(14-9-18)22(31)20-17-29-12-4-3-7-21(29)26-20/h3-7,12,16-18H,2,8-11,13-15H2,1H3,(H,27,33)/t25-/m1/s1. The van der Waals surface area contributed by atoms with Crippen molar-refractivity contribution in [2.24, 2.45) is 5.92 Å². The van der Waals surface area contributed by atoms with E-state index in [1.165, 1.54) is 4.90 Å². The number of thiophene rings is 1. The number of hydrogen-bond acceptors (Lipinski definition) is 5. The van der Waals surface area contributed by atoms with Crippen LogP contribution in [0.4, 0.5) is 4.79 Å². The quantitative estimate of drug-likeness (QED) is 0.525. The Morgan fingerprint density at radius 1 is 1.21 bits per heavy atom. The predicted molar refractivity (Wildman–Crippen MR) is 130 cm³/mol. The van der Waals surface area contributed by atoms with Crippen molar-refractivity contribution in [1.82, 2.24) is 24.5 Å². The number of piperidine rings is 1. The molecule has 3 aromatic heterocycles. The zero-order chi connectivity index (χ0) is 23.7. The van der Waals surface area contributed by atoms with Gasteiger partial charge in [-0.25, -0.2) is 9.78 Å². The average molecular weight is 480 g/mol. The molecule has 1 atom stereocenters. The number of imidazole rings is 1. The molecule has 0 aliphatic carbocycles. The zero-order valence-corrected chi connectivity index (χ0v) is 20.1. The normalized spacial score (nSPS) is 21.4. The highest BCUT2D eigenvalue weighted by molar-refractivity contribution is 7.09. The predicted octanol–water partition coefficient (Wildman–Crippen LogP) is 3.58. The Bertz CT molecular complexity index is 1170. The highest BCUT2D eigenvalue weighted by atomic mass is 32.1. The van der Waals surface area contributed by atoms with Crippen molar-refractivity contribution in [2.75, 3.05) is 19.6 Å². The van der Waals surface area contributed by atoms with Gasteiger partial charge in [-0.15, -0.1) is 11.3 Å². The van der Waals surface area contributed by atoms with Crippen LogP contribution in [0.15, 0.2) is 48.1 Å². The lowest BCUT2D eigenvalue weighted by atomic mass is 9.74. The third-order valence-electron chi connectivity index (χ3n) is 7.07. The topological polar surface area (TPSA) is 87.0 Å². The Morgan fingerprint density at radius 2 is 2.03 bits per heavy atom. The van der Waals surface area contributed by atoms with Crippen LogP contribution in [-0.2, 0) is 11.2 Å². The van der Waals surface area contributed by atoms with Crippen LogP contribution in [0.5, 0.6) is 0 Å². The molecular weight excluding hydrogens is 450 g/mol. The van der Waals surface area contributed by atoms with Crippen LogP contribution in [0.1, 0.15) is 48.0 Å². The minimum Gasteiger partial charge on any atom is -0.337 e. The van der Waals surface area contributed by atoms with Gasteiger partial charge in [-0.3, -0.25) is 14.5 Å². The van der Waals surface area contributed by atoms with E-state index >= 15 is 0 Å². The summed E-state index contributed by atoms with van der Waals surface area (Å²) in [4.78, 5) is 48.3. The maximum Gasteiger partial charge on any atom is 0.325 e. The molecule has 8 nitrogen and oxygen atoms in total. The van der Waals surface area contributed by atoms with E-state index in [4.69, 9.17) is 0 Å². The van der Waals surface area contributed by atoms with E-state index < -0.39 is 5.54 Å². The summed E-state index contributed by atoms with van der Waals surface area (Å²) in [6, 6.07) is 9.38. The Hall–Kier alpha value is -3.20. The number of likely N-dealkylation sites (tertiary alicyclic amines) is 1. The van der Waals surface area contributed by atoms with Gasteiger partial charge in [0.2, 0.25) is 0 Å². The molecule has 0 unspecified atom stereocenters. The fourth-order valence-corrected chi connectivity index (χ4v) is 6.04. The van der Waals surface area contributed by atoms with Gasteiger partial charge < -0.3 is 14.6 Å². The first kappa shape index (κ1) is 22.6. The monoisotopic (exact) mass is 479 g/mol. The number of urea groups is 1. The summed E-state index contributed by atoms with van der Waals surface area (Å²) in [6.45, 7) is 3.52. The van der Waals surface area contributed by atoms with Crippen molar-refractivity contribution in [3.05, 3.63) is 58.7 Å². The van der Waals surface area contributed by atoms with Crippen molar-refractivity contribution < 1.29 is 14.4 Å². The second-order valence-corrected chi connectivity index (χ2v) is 10.1. The highest BCUT2D eigenvalue weighted by Crippen LogP contribution is 2.37. The summed E-state index contributed by atoms with van der Waals surface area (Å²) < 4.78 is 1.84. The molecule has 0 bridgehead atoms. The first-order valence-corrected chi connectivity index (χ1v) is 12.8. The summed E-state index contributed by atoms with van der Waals surface area (Å²) in [5.74, 6) is -0.201. The Morgan fingerprint density at radius 3 is 2.74 bits per heavy atom. The Kier molecular flexibility index (Phi) is 6.12. The molecule has 0 aromatic carbocycles. The smallest absolute Gasteiger partial charge is 0.325 e. The third-order valence-corrected chi connectivity index (χ3v) is 8.01. The second-order valence-electron chi connectivity index (χ2n) is 9.10. The molecule has 0 saturated carbocycles. The average Bonchev–Trinajstić information content (AvgIpc) is 3.57. The molecule has 0 radical (unpaired) electrons. The highest BCUT2D eigenvalue weighted by Gasteiger charge is 2.55. The SMILES string of the molecule is CCC[C@]1(C2CCN(C(=O)c3cn4ccccc4n3)CC2)NC(=O)N(CCc2cccs2)C1=O. The molecule has 0 spiro atoms. The lowest BCUT2D eigenvalue weighted by molar-refractivity contribution is -0.134. The first-order chi connectivity index (χ1) is 16.5. The van der Waals surface area contributed by atoms with Gasteiger partial charge in [0.05, 0.1) is 0 Å². The molecule has 2 aliphatic rings. The van der Waals surface area contributed by atoms with Gasteiger partial charge in [0.25, 0.3) is 11.8 Å².